The molecule has 1 aromatic carbocycles. The number of aliphatic carboxylic acids is 1. The number of carbonyl (C=O) groups excluding carboxylic acids is 1. The van der Waals surface area contributed by atoms with Crippen molar-refractivity contribution in [1.82, 2.24) is 0 Å². The maximum absolute atomic E-state index is 10.9. The maximum atomic E-state index is 10.9. The van der Waals surface area contributed by atoms with E-state index in [1.807, 2.05) is 0 Å². The number of benzene rings is 1. The minimum atomic E-state index is -1.44. The lowest BCUT2D eigenvalue weighted by atomic mass is 10.1. The topological polar surface area (TPSA) is 107 Å². The molecule has 1 N–H and O–H groups in total. The highest BCUT2D eigenvalue weighted by Crippen LogP contribution is 2.08. The zero-order valence-corrected chi connectivity index (χ0v) is 9.37. The van der Waals surface area contributed by atoms with Crippen molar-refractivity contribution < 1.29 is 24.6 Å². The zero-order valence-electron chi connectivity index (χ0n) is 9.37. The van der Waals surface area contributed by atoms with Crippen molar-refractivity contribution in [3.05, 3.63) is 45.5 Å². The van der Waals surface area contributed by atoms with E-state index in [4.69, 9.17) is 5.11 Å². The standard InChI is InChI=1S/C11H11NO6/c13-10(11(14)15)6-5-8-1-3-9(4-2-8)7-18-12(16)17/h1-4H,5-7H2,(H,14,15). The van der Waals surface area contributed by atoms with Gasteiger partial charge < -0.3 is 9.94 Å². The molecule has 0 saturated carbocycles. The first-order chi connectivity index (χ1) is 8.49. The molecule has 7 heteroatoms. The van der Waals surface area contributed by atoms with E-state index in [0.29, 0.717) is 12.0 Å². The highest BCUT2D eigenvalue weighted by atomic mass is 16.9. The summed E-state index contributed by atoms with van der Waals surface area (Å²) < 4.78 is 0. The number of Topliss-reactive ketones (excluding diaryl/α,β-unsaturated/α-hetero) is 1. The van der Waals surface area contributed by atoms with Crippen LogP contribution >= 0.6 is 0 Å². The van der Waals surface area contributed by atoms with Crippen LogP contribution in [0.4, 0.5) is 0 Å². The molecular formula is C11H11NO6. The van der Waals surface area contributed by atoms with Gasteiger partial charge in [-0.15, -0.1) is 10.1 Å². The Morgan fingerprint density at radius 3 is 2.28 bits per heavy atom. The lowest BCUT2D eigenvalue weighted by molar-refractivity contribution is -0.763. The van der Waals surface area contributed by atoms with E-state index in [2.05, 4.69) is 4.84 Å². The predicted molar refractivity (Wildman–Crippen MR) is 59.2 cm³/mol. The van der Waals surface area contributed by atoms with Gasteiger partial charge >= 0.3 is 5.97 Å². The van der Waals surface area contributed by atoms with Crippen LogP contribution < -0.4 is 0 Å². The fraction of sp³-hybridized carbons (Fsp3) is 0.273. The van der Waals surface area contributed by atoms with E-state index >= 15 is 0 Å². The summed E-state index contributed by atoms with van der Waals surface area (Å²) in [5.41, 5.74) is 1.41. The third-order valence-corrected chi connectivity index (χ3v) is 2.24. The number of nitrogens with zero attached hydrogens (tertiary/aromatic N) is 1. The molecule has 1 rings (SSSR count). The number of rotatable bonds is 7. The molecular weight excluding hydrogens is 242 g/mol. The van der Waals surface area contributed by atoms with Gasteiger partial charge in [-0.2, -0.15) is 0 Å². The van der Waals surface area contributed by atoms with Crippen LogP contribution in [0.5, 0.6) is 0 Å². The number of carboxylic acids is 1. The lowest BCUT2D eigenvalue weighted by Gasteiger charge is -2.02. The van der Waals surface area contributed by atoms with Crippen LogP contribution in [0.3, 0.4) is 0 Å². The van der Waals surface area contributed by atoms with Crippen LogP contribution in [0.2, 0.25) is 0 Å². The molecule has 0 fully saturated rings. The van der Waals surface area contributed by atoms with Crippen molar-refractivity contribution in [3.63, 3.8) is 0 Å². The summed E-state index contributed by atoms with van der Waals surface area (Å²) in [6.07, 6.45) is 0.252. The minimum absolute atomic E-state index is 0.0694. The number of ketones is 1. The van der Waals surface area contributed by atoms with Crippen molar-refractivity contribution in [3.8, 4) is 0 Å². The molecule has 0 bridgehead atoms. The summed E-state index contributed by atoms with van der Waals surface area (Å²) in [5.74, 6) is -2.28. The summed E-state index contributed by atoms with van der Waals surface area (Å²) in [4.78, 5) is 35.3. The quantitative estimate of drug-likeness (QED) is 0.441. The van der Waals surface area contributed by atoms with Gasteiger partial charge in [0.15, 0.2) is 0 Å². The Morgan fingerprint density at radius 2 is 1.78 bits per heavy atom. The first kappa shape index (κ1) is 13.6. The predicted octanol–water partition coefficient (Wildman–Crippen LogP) is 0.981. The maximum Gasteiger partial charge on any atom is 0.372 e. The molecule has 0 amide bonds. The van der Waals surface area contributed by atoms with E-state index in [9.17, 15) is 19.7 Å². The van der Waals surface area contributed by atoms with Crippen molar-refractivity contribution in [2.75, 3.05) is 0 Å². The molecule has 0 aromatic heterocycles. The molecule has 0 aliphatic rings. The molecule has 96 valence electrons. The molecule has 1 aromatic rings. The van der Waals surface area contributed by atoms with Crippen molar-refractivity contribution in [2.24, 2.45) is 0 Å². The SMILES string of the molecule is O=C(O)C(=O)CCc1ccc(CO[N+](=O)[O-])cc1. The summed E-state index contributed by atoms with van der Waals surface area (Å²) in [5, 5.41) is 17.5. The number of aryl methyl sites for hydroxylation is 1. The normalized spacial score (nSPS) is 9.78. The molecule has 0 spiro atoms. The van der Waals surface area contributed by atoms with E-state index < -0.39 is 16.8 Å². The Bertz CT molecular complexity index is 453. The second-order valence-corrected chi connectivity index (χ2v) is 3.54. The van der Waals surface area contributed by atoms with Gasteiger partial charge in [0.05, 0.1) is 0 Å². The van der Waals surface area contributed by atoms with E-state index in [0.717, 1.165) is 5.56 Å². The third-order valence-electron chi connectivity index (χ3n) is 2.24. The largest absolute Gasteiger partial charge is 0.476 e. The van der Waals surface area contributed by atoms with Gasteiger partial charge in [0, 0.05) is 6.42 Å². The number of carboxylic acid groups (broad SMARTS) is 1. The highest BCUT2D eigenvalue weighted by molar-refractivity contribution is 6.32. The van der Waals surface area contributed by atoms with Gasteiger partial charge in [-0.25, -0.2) is 4.79 Å². The molecule has 0 heterocycles. The molecule has 18 heavy (non-hydrogen) atoms. The molecule has 0 aliphatic carbocycles. The Labute approximate surface area is 102 Å². The Kier molecular flexibility index (Phi) is 4.79. The molecule has 0 saturated heterocycles. The monoisotopic (exact) mass is 253 g/mol. The van der Waals surface area contributed by atoms with Gasteiger partial charge in [-0.3, -0.25) is 4.79 Å². The van der Waals surface area contributed by atoms with Crippen LogP contribution in [-0.2, 0) is 27.5 Å². The van der Waals surface area contributed by atoms with Crippen LogP contribution in [0.15, 0.2) is 24.3 Å². The molecule has 0 atom stereocenters. The Morgan fingerprint density at radius 1 is 1.22 bits per heavy atom. The molecule has 0 aliphatic heterocycles. The summed E-state index contributed by atoms with van der Waals surface area (Å²) >= 11 is 0. The Hall–Kier alpha value is -2.44. The lowest BCUT2D eigenvalue weighted by Crippen LogP contribution is -2.12. The van der Waals surface area contributed by atoms with E-state index in [1.165, 1.54) is 0 Å². The van der Waals surface area contributed by atoms with Gasteiger partial charge in [0.25, 0.3) is 5.09 Å². The fourth-order valence-corrected chi connectivity index (χ4v) is 1.29. The highest BCUT2D eigenvalue weighted by Gasteiger charge is 2.10. The van der Waals surface area contributed by atoms with Gasteiger partial charge in [-0.05, 0) is 17.5 Å². The zero-order chi connectivity index (χ0) is 13.5. The number of carbonyl (C=O) groups is 2. The average molecular weight is 253 g/mol. The minimum Gasteiger partial charge on any atom is -0.476 e. The van der Waals surface area contributed by atoms with E-state index in [-0.39, 0.29) is 13.0 Å². The van der Waals surface area contributed by atoms with Crippen molar-refractivity contribution in [2.45, 2.75) is 19.4 Å². The summed E-state index contributed by atoms with van der Waals surface area (Å²) in [6.45, 7) is -0.138. The van der Waals surface area contributed by atoms with Crippen molar-refractivity contribution in [1.29, 1.82) is 0 Å². The Balaban J connectivity index is 2.47. The van der Waals surface area contributed by atoms with Gasteiger partial charge in [0.1, 0.15) is 6.61 Å². The van der Waals surface area contributed by atoms with Crippen LogP contribution in [0.25, 0.3) is 0 Å². The fourth-order valence-electron chi connectivity index (χ4n) is 1.29. The molecule has 0 unspecified atom stereocenters. The first-order valence-electron chi connectivity index (χ1n) is 5.10. The number of hydrogen-bond acceptors (Lipinski definition) is 5. The first-order valence-corrected chi connectivity index (χ1v) is 5.10. The van der Waals surface area contributed by atoms with Crippen LogP contribution in [0, 0.1) is 10.1 Å². The van der Waals surface area contributed by atoms with E-state index in [1.54, 1.807) is 24.3 Å². The molecule has 7 nitrogen and oxygen atoms in total. The summed E-state index contributed by atoms with van der Waals surface area (Å²) in [6, 6.07) is 6.61. The van der Waals surface area contributed by atoms with Gasteiger partial charge in [-0.1, -0.05) is 24.3 Å². The average Bonchev–Trinajstić information content (AvgIpc) is 2.34. The smallest absolute Gasteiger partial charge is 0.372 e. The second-order valence-electron chi connectivity index (χ2n) is 3.54. The van der Waals surface area contributed by atoms with Gasteiger partial charge in [0.2, 0.25) is 5.78 Å². The summed E-state index contributed by atoms with van der Waals surface area (Å²) in [7, 11) is 0. The second kappa shape index (κ2) is 6.33. The molecule has 0 radical (unpaired) electrons. The van der Waals surface area contributed by atoms with Crippen LogP contribution in [0.1, 0.15) is 17.5 Å². The number of hydrogen-bond donors (Lipinski definition) is 1. The van der Waals surface area contributed by atoms with Crippen molar-refractivity contribution >= 4 is 11.8 Å². The third kappa shape index (κ3) is 4.60. The van der Waals surface area contributed by atoms with Crippen LogP contribution in [-0.4, -0.2) is 21.9 Å².